The van der Waals surface area contributed by atoms with E-state index < -0.39 is 29.7 Å². The number of aliphatic hydroxyl groups excluding tert-OH is 1. The predicted octanol–water partition coefficient (Wildman–Crippen LogP) is 1.94. The van der Waals surface area contributed by atoms with E-state index in [4.69, 9.17) is 0 Å². The van der Waals surface area contributed by atoms with Crippen LogP contribution in [0, 0.1) is 17.7 Å². The van der Waals surface area contributed by atoms with Crippen LogP contribution in [0.15, 0.2) is 65.6 Å². The van der Waals surface area contributed by atoms with Crippen LogP contribution in [0.3, 0.4) is 0 Å². The number of amides is 2. The Morgan fingerprint density at radius 1 is 1.14 bits per heavy atom. The molecule has 0 bridgehead atoms. The van der Waals surface area contributed by atoms with Crippen molar-refractivity contribution in [2.75, 3.05) is 20.7 Å². The largest absolute Gasteiger partial charge is 0.396 e. The first-order valence-corrected chi connectivity index (χ1v) is 11.4. The maximum Gasteiger partial charge on any atom is 0.273 e. The third-order valence-corrected chi connectivity index (χ3v) is 7.02. The molecule has 9 heteroatoms. The number of rotatable bonds is 4. The van der Waals surface area contributed by atoms with Crippen molar-refractivity contribution in [3.63, 3.8) is 0 Å². The first kappa shape index (κ1) is 22.9. The maximum absolute atomic E-state index is 13.8. The minimum atomic E-state index is -0.897. The second-order valence-corrected chi connectivity index (χ2v) is 9.16. The van der Waals surface area contributed by atoms with Crippen LogP contribution in [0.1, 0.15) is 22.2 Å². The molecular weight excluding hydrogens is 451 g/mol. The Morgan fingerprint density at radius 2 is 1.94 bits per heavy atom. The van der Waals surface area contributed by atoms with Gasteiger partial charge in [-0.15, -0.1) is 0 Å². The van der Waals surface area contributed by atoms with Crippen molar-refractivity contribution in [3.8, 4) is 11.1 Å². The fraction of sp³-hybridized carbons (Fsp3) is 0.308. The quantitative estimate of drug-likeness (QED) is 0.621. The lowest BCUT2D eigenvalue weighted by atomic mass is 9.88. The van der Waals surface area contributed by atoms with Crippen molar-refractivity contribution < 1.29 is 19.1 Å². The first-order chi connectivity index (χ1) is 16.8. The lowest BCUT2D eigenvalue weighted by molar-refractivity contribution is -0.134. The Kier molecular flexibility index (Phi) is 5.72. The molecule has 4 atom stereocenters. The van der Waals surface area contributed by atoms with E-state index in [0.717, 1.165) is 0 Å². The Bertz CT molecular complexity index is 1360. The molecule has 1 fully saturated rings. The molecule has 1 N–H and O–H groups in total. The molecule has 0 aliphatic carbocycles. The summed E-state index contributed by atoms with van der Waals surface area (Å²) in [5.74, 6) is -2.10. The average molecular weight is 477 g/mol. The normalized spacial score (nSPS) is 22.6. The smallest absolute Gasteiger partial charge is 0.273 e. The van der Waals surface area contributed by atoms with Gasteiger partial charge in [0.25, 0.3) is 11.5 Å². The number of carbonyl (C=O) groups is 2. The first-order valence-electron chi connectivity index (χ1n) is 11.4. The molecule has 0 saturated carbocycles. The van der Waals surface area contributed by atoms with Crippen LogP contribution in [0.5, 0.6) is 0 Å². The highest BCUT2D eigenvalue weighted by molar-refractivity contribution is 5.97. The van der Waals surface area contributed by atoms with Crippen molar-refractivity contribution in [1.82, 2.24) is 19.4 Å². The summed E-state index contributed by atoms with van der Waals surface area (Å²) in [5, 5.41) is 10.3. The van der Waals surface area contributed by atoms with E-state index in [2.05, 4.69) is 4.98 Å². The molecule has 4 heterocycles. The molecule has 0 radical (unpaired) electrons. The highest BCUT2D eigenvalue weighted by Gasteiger charge is 2.57. The molecule has 5 rings (SSSR count). The molecule has 2 aromatic heterocycles. The summed E-state index contributed by atoms with van der Waals surface area (Å²) in [4.78, 5) is 47.5. The molecule has 8 nitrogen and oxygen atoms in total. The lowest BCUT2D eigenvalue weighted by Gasteiger charge is -2.32. The van der Waals surface area contributed by atoms with Gasteiger partial charge in [0, 0.05) is 56.5 Å². The fourth-order valence-electron chi connectivity index (χ4n) is 5.45. The molecule has 0 unspecified atom stereocenters. The molecule has 1 aromatic carbocycles. The van der Waals surface area contributed by atoms with Gasteiger partial charge >= 0.3 is 0 Å². The second kappa shape index (κ2) is 8.74. The molecule has 2 amide bonds. The molecule has 3 aromatic rings. The number of pyridine rings is 2. The number of benzene rings is 1. The summed E-state index contributed by atoms with van der Waals surface area (Å²) in [6.07, 6.45) is 1.51. The Labute approximate surface area is 201 Å². The van der Waals surface area contributed by atoms with E-state index in [9.17, 15) is 23.9 Å². The van der Waals surface area contributed by atoms with Crippen molar-refractivity contribution in [1.29, 1.82) is 0 Å². The van der Waals surface area contributed by atoms with Crippen LogP contribution in [-0.4, -0.2) is 63.0 Å². The number of halogens is 1. The topological polar surface area (TPSA) is 95.7 Å². The van der Waals surface area contributed by atoms with Gasteiger partial charge in [-0.25, -0.2) is 4.39 Å². The van der Waals surface area contributed by atoms with Gasteiger partial charge in [0.05, 0.1) is 6.04 Å². The van der Waals surface area contributed by atoms with E-state index in [1.54, 1.807) is 61.1 Å². The number of fused-ring (bicyclic) bond motifs is 3. The van der Waals surface area contributed by atoms with Gasteiger partial charge in [-0.3, -0.25) is 19.4 Å². The Balaban J connectivity index is 1.65. The number of hydrogen-bond acceptors (Lipinski definition) is 5. The molecular formula is C26H25FN4O4. The molecule has 180 valence electrons. The minimum absolute atomic E-state index is 0.179. The van der Waals surface area contributed by atoms with E-state index >= 15 is 0 Å². The van der Waals surface area contributed by atoms with Gasteiger partial charge in [-0.1, -0.05) is 18.2 Å². The monoisotopic (exact) mass is 476 g/mol. The van der Waals surface area contributed by atoms with Crippen LogP contribution in [0.4, 0.5) is 4.39 Å². The van der Waals surface area contributed by atoms with E-state index in [-0.39, 0.29) is 36.2 Å². The lowest BCUT2D eigenvalue weighted by Crippen LogP contribution is -2.50. The van der Waals surface area contributed by atoms with Gasteiger partial charge in [0.15, 0.2) is 0 Å². The third kappa shape index (κ3) is 3.63. The molecule has 0 spiro atoms. The summed E-state index contributed by atoms with van der Waals surface area (Å²) < 4.78 is 15.4. The summed E-state index contributed by atoms with van der Waals surface area (Å²) in [6, 6.07) is 12.7. The SMILES string of the molecule is CN(C)C(=O)[C@@H]1[C@@H](CO)[C@@H]2Cn3c(ccc(-c4cccc(F)c4)c3=O)[C@@H]2N1C(=O)c1ccccn1. The molecule has 1 saturated heterocycles. The average Bonchev–Trinajstić information content (AvgIpc) is 3.38. The number of carbonyl (C=O) groups excluding carboxylic acids is 2. The highest BCUT2D eigenvalue weighted by atomic mass is 19.1. The molecule has 2 aliphatic rings. The van der Waals surface area contributed by atoms with Crippen molar-refractivity contribution in [3.05, 3.63) is 88.4 Å². The van der Waals surface area contributed by atoms with Crippen LogP contribution >= 0.6 is 0 Å². The van der Waals surface area contributed by atoms with Crippen LogP contribution in [-0.2, 0) is 11.3 Å². The summed E-state index contributed by atoms with van der Waals surface area (Å²) in [6.45, 7) is -0.0900. The summed E-state index contributed by atoms with van der Waals surface area (Å²) >= 11 is 0. The fourth-order valence-corrected chi connectivity index (χ4v) is 5.45. The van der Waals surface area contributed by atoms with Crippen LogP contribution in [0.2, 0.25) is 0 Å². The van der Waals surface area contributed by atoms with Gasteiger partial charge < -0.3 is 19.5 Å². The number of aliphatic hydroxyl groups is 1. The van der Waals surface area contributed by atoms with Crippen LogP contribution < -0.4 is 5.56 Å². The zero-order chi connectivity index (χ0) is 24.9. The minimum Gasteiger partial charge on any atom is -0.396 e. The Hall–Kier alpha value is -3.85. The van der Waals surface area contributed by atoms with Gasteiger partial charge in [-0.2, -0.15) is 0 Å². The zero-order valence-electron chi connectivity index (χ0n) is 19.3. The Morgan fingerprint density at radius 3 is 2.60 bits per heavy atom. The van der Waals surface area contributed by atoms with Crippen molar-refractivity contribution in [2.45, 2.75) is 18.6 Å². The molecule has 2 aliphatic heterocycles. The maximum atomic E-state index is 13.8. The van der Waals surface area contributed by atoms with Gasteiger partial charge in [0.1, 0.15) is 17.6 Å². The van der Waals surface area contributed by atoms with E-state index in [1.165, 1.54) is 28.1 Å². The molecule has 35 heavy (non-hydrogen) atoms. The number of hydrogen-bond donors (Lipinski definition) is 1. The highest BCUT2D eigenvalue weighted by Crippen LogP contribution is 2.50. The summed E-state index contributed by atoms with van der Waals surface area (Å²) in [5.41, 5.74) is 1.26. The summed E-state index contributed by atoms with van der Waals surface area (Å²) in [7, 11) is 3.22. The number of likely N-dealkylation sites (tertiary alicyclic amines) is 1. The van der Waals surface area contributed by atoms with E-state index in [0.29, 0.717) is 16.8 Å². The predicted molar refractivity (Wildman–Crippen MR) is 126 cm³/mol. The second-order valence-electron chi connectivity index (χ2n) is 9.16. The third-order valence-electron chi connectivity index (χ3n) is 7.02. The van der Waals surface area contributed by atoms with Gasteiger partial charge in [0.2, 0.25) is 5.91 Å². The van der Waals surface area contributed by atoms with Crippen molar-refractivity contribution in [2.24, 2.45) is 11.8 Å². The van der Waals surface area contributed by atoms with Crippen LogP contribution in [0.25, 0.3) is 11.1 Å². The standard InChI is InChI=1S/C26H25FN4O4/c1-29(2)26(35)23-19(14-32)18-13-30-21(22(18)31(23)25(34)20-8-3-4-11-28-20)10-9-17(24(30)33)15-6-5-7-16(27)12-15/h3-12,18-19,22-23,32H,13-14H2,1-2H3/t18-,19-,22+,23-/m0/s1. The number of nitrogens with zero attached hydrogens (tertiary/aromatic N) is 4. The van der Waals surface area contributed by atoms with Gasteiger partial charge in [-0.05, 0) is 42.0 Å². The number of aromatic nitrogens is 2. The number of likely N-dealkylation sites (N-methyl/N-ethyl adjacent to an activating group) is 1. The zero-order valence-corrected chi connectivity index (χ0v) is 19.3. The van der Waals surface area contributed by atoms with Crippen molar-refractivity contribution >= 4 is 11.8 Å². The van der Waals surface area contributed by atoms with E-state index in [1.807, 2.05) is 0 Å².